The lowest BCUT2D eigenvalue weighted by atomic mass is 9.44. The van der Waals surface area contributed by atoms with Crippen molar-refractivity contribution >= 4 is 11.9 Å². The molecule has 4 aliphatic rings. The molecule has 0 heterocycles. The van der Waals surface area contributed by atoms with Crippen LogP contribution in [0, 0.1) is 22.7 Å². The van der Waals surface area contributed by atoms with Crippen LogP contribution in [0.25, 0.3) is 0 Å². The average Bonchev–Trinajstić information content (AvgIpc) is 2.21. The van der Waals surface area contributed by atoms with Crippen LogP contribution in [-0.4, -0.2) is 11.9 Å². The summed E-state index contributed by atoms with van der Waals surface area (Å²) in [6, 6.07) is -0.717. The molecule has 4 N–H and O–H groups in total. The first-order valence-electron chi connectivity index (χ1n) is 7.22. The van der Waals surface area contributed by atoms with E-state index in [0.29, 0.717) is 11.8 Å². The van der Waals surface area contributed by atoms with Gasteiger partial charge in [0.1, 0.15) is 0 Å². The molecule has 4 bridgehead atoms. The van der Waals surface area contributed by atoms with Crippen LogP contribution in [0.3, 0.4) is 0 Å². The van der Waals surface area contributed by atoms with Crippen LogP contribution in [0.1, 0.15) is 51.9 Å². The van der Waals surface area contributed by atoms with Crippen LogP contribution >= 0.6 is 0 Å². The summed E-state index contributed by atoms with van der Waals surface area (Å²) in [4.78, 5) is 22.6. The van der Waals surface area contributed by atoms with Crippen molar-refractivity contribution in [2.24, 2.45) is 28.4 Å². The van der Waals surface area contributed by atoms with Crippen molar-refractivity contribution in [1.82, 2.24) is 10.9 Å². The molecular weight excluding hydrogens is 242 g/mol. The number of hydrogen-bond acceptors (Lipinski definition) is 2. The SMILES string of the molecule is CC12C[C@H]3C[C@H](C1)CC(CC(=O)NNC(N)=O)(C3)C2. The van der Waals surface area contributed by atoms with E-state index in [0.717, 1.165) is 18.3 Å². The van der Waals surface area contributed by atoms with Gasteiger partial charge >= 0.3 is 6.03 Å². The maximum Gasteiger partial charge on any atom is 0.330 e. The highest BCUT2D eigenvalue weighted by Gasteiger charge is 2.56. The maximum atomic E-state index is 12.0. The zero-order valence-electron chi connectivity index (χ0n) is 11.5. The molecule has 0 radical (unpaired) electrons. The van der Waals surface area contributed by atoms with Crippen LogP contribution in [0.2, 0.25) is 0 Å². The Morgan fingerprint density at radius 1 is 1.16 bits per heavy atom. The summed E-state index contributed by atoms with van der Waals surface area (Å²) in [5.41, 5.74) is 10.2. The first kappa shape index (κ1) is 12.8. The molecule has 4 fully saturated rings. The van der Waals surface area contributed by atoms with Crippen LogP contribution in [0.5, 0.6) is 0 Å². The van der Waals surface area contributed by atoms with Crippen molar-refractivity contribution in [1.29, 1.82) is 0 Å². The Labute approximate surface area is 113 Å². The van der Waals surface area contributed by atoms with Gasteiger partial charge in [-0.1, -0.05) is 6.92 Å². The highest BCUT2D eigenvalue weighted by Crippen LogP contribution is 2.66. The smallest absolute Gasteiger partial charge is 0.330 e. The topological polar surface area (TPSA) is 84.2 Å². The fourth-order valence-corrected chi connectivity index (χ4v) is 5.65. The van der Waals surface area contributed by atoms with Crippen molar-refractivity contribution in [3.8, 4) is 0 Å². The number of carbonyl (C=O) groups is 2. The number of primary amides is 1. The first-order chi connectivity index (χ1) is 8.88. The first-order valence-corrected chi connectivity index (χ1v) is 7.22. The summed E-state index contributed by atoms with van der Waals surface area (Å²) in [6.45, 7) is 2.39. The number of rotatable bonds is 2. The van der Waals surface area contributed by atoms with E-state index in [-0.39, 0.29) is 11.3 Å². The van der Waals surface area contributed by atoms with Gasteiger partial charge in [0.25, 0.3) is 0 Å². The molecule has 0 spiro atoms. The Kier molecular flexibility index (Phi) is 2.76. The van der Waals surface area contributed by atoms with E-state index in [4.69, 9.17) is 5.73 Å². The van der Waals surface area contributed by atoms with Crippen molar-refractivity contribution in [2.45, 2.75) is 51.9 Å². The van der Waals surface area contributed by atoms with Gasteiger partial charge in [0.15, 0.2) is 0 Å². The third kappa shape index (κ3) is 2.42. The highest BCUT2D eigenvalue weighted by atomic mass is 16.2. The highest BCUT2D eigenvalue weighted by molar-refractivity contribution is 5.80. The van der Waals surface area contributed by atoms with E-state index >= 15 is 0 Å². The largest absolute Gasteiger partial charge is 0.350 e. The van der Waals surface area contributed by atoms with Crippen molar-refractivity contribution in [3.63, 3.8) is 0 Å². The Hall–Kier alpha value is -1.26. The van der Waals surface area contributed by atoms with Crippen LogP contribution in [0.4, 0.5) is 4.79 Å². The predicted molar refractivity (Wildman–Crippen MR) is 70.7 cm³/mol. The number of hydrogen-bond donors (Lipinski definition) is 3. The standard InChI is InChI=1S/C14H23N3O2/c1-13-3-9-2-10(4-13)6-14(5-9,8-13)7-11(18)16-17-12(15)19/h9-10H,2-8H2,1H3,(H,16,18)(H3,15,17,19)/t9-,10-,13?,14?/m1/s1. The minimum atomic E-state index is -0.717. The summed E-state index contributed by atoms with van der Waals surface area (Å²) in [5.74, 6) is 1.51. The number of urea groups is 1. The van der Waals surface area contributed by atoms with E-state index < -0.39 is 6.03 Å². The monoisotopic (exact) mass is 265 g/mol. The van der Waals surface area contributed by atoms with Gasteiger partial charge in [-0.3, -0.25) is 10.2 Å². The molecular formula is C14H23N3O2. The van der Waals surface area contributed by atoms with Gasteiger partial charge in [-0.2, -0.15) is 0 Å². The van der Waals surface area contributed by atoms with Gasteiger partial charge in [0.05, 0.1) is 0 Å². The molecule has 4 saturated carbocycles. The number of nitrogens with two attached hydrogens (primary N) is 1. The predicted octanol–water partition coefficient (Wildman–Crippen LogP) is 1.68. The van der Waals surface area contributed by atoms with Gasteiger partial charge in [-0.15, -0.1) is 0 Å². The number of amides is 3. The molecule has 3 amide bonds. The van der Waals surface area contributed by atoms with Gasteiger partial charge in [0, 0.05) is 6.42 Å². The van der Waals surface area contributed by atoms with E-state index in [1.807, 2.05) is 0 Å². The molecule has 5 heteroatoms. The Balaban J connectivity index is 1.67. The summed E-state index contributed by atoms with van der Waals surface area (Å²) in [6.07, 6.45) is 8.09. The summed E-state index contributed by atoms with van der Waals surface area (Å²) in [5, 5.41) is 0. The van der Waals surface area contributed by atoms with Crippen LogP contribution < -0.4 is 16.6 Å². The van der Waals surface area contributed by atoms with Crippen molar-refractivity contribution < 1.29 is 9.59 Å². The molecule has 0 aliphatic heterocycles. The van der Waals surface area contributed by atoms with Crippen LogP contribution in [0.15, 0.2) is 0 Å². The van der Waals surface area contributed by atoms with Crippen molar-refractivity contribution in [3.05, 3.63) is 0 Å². The minimum Gasteiger partial charge on any atom is -0.350 e. The molecule has 0 aromatic heterocycles. The molecule has 0 unspecified atom stereocenters. The average molecular weight is 265 g/mol. The zero-order chi connectivity index (χ0) is 13.7. The fourth-order valence-electron chi connectivity index (χ4n) is 5.65. The second-order valence-electron chi connectivity index (χ2n) is 7.49. The Bertz CT molecular complexity index is 407. The lowest BCUT2D eigenvalue weighted by Crippen LogP contribution is -2.53. The van der Waals surface area contributed by atoms with Gasteiger partial charge in [0.2, 0.25) is 5.91 Å². The minimum absolute atomic E-state index is 0.107. The molecule has 4 rings (SSSR count). The van der Waals surface area contributed by atoms with Gasteiger partial charge < -0.3 is 5.73 Å². The molecule has 5 nitrogen and oxygen atoms in total. The molecule has 2 atom stereocenters. The lowest BCUT2D eigenvalue weighted by molar-refractivity contribution is -0.137. The molecule has 4 aliphatic carbocycles. The normalized spacial score (nSPS) is 43.0. The van der Waals surface area contributed by atoms with E-state index in [1.165, 1.54) is 32.1 Å². The van der Waals surface area contributed by atoms with E-state index in [9.17, 15) is 9.59 Å². The number of carbonyl (C=O) groups excluding carboxylic acids is 2. The second-order valence-corrected chi connectivity index (χ2v) is 7.49. The molecule has 19 heavy (non-hydrogen) atoms. The molecule has 0 aromatic carbocycles. The number of nitrogens with one attached hydrogen (secondary N) is 2. The number of hydrazine groups is 1. The molecule has 0 aromatic rings. The zero-order valence-corrected chi connectivity index (χ0v) is 11.5. The Morgan fingerprint density at radius 3 is 2.32 bits per heavy atom. The van der Waals surface area contributed by atoms with E-state index in [2.05, 4.69) is 17.8 Å². The molecule has 106 valence electrons. The second kappa shape index (κ2) is 4.12. The maximum absolute atomic E-state index is 12.0. The Morgan fingerprint density at radius 2 is 1.79 bits per heavy atom. The third-order valence-electron chi connectivity index (χ3n) is 5.34. The van der Waals surface area contributed by atoms with Gasteiger partial charge in [-0.05, 0) is 61.2 Å². The van der Waals surface area contributed by atoms with E-state index in [1.54, 1.807) is 0 Å². The summed E-state index contributed by atoms with van der Waals surface area (Å²) in [7, 11) is 0. The third-order valence-corrected chi connectivity index (χ3v) is 5.34. The van der Waals surface area contributed by atoms with Crippen LogP contribution in [-0.2, 0) is 4.79 Å². The summed E-state index contributed by atoms with van der Waals surface area (Å²) < 4.78 is 0. The lowest BCUT2D eigenvalue weighted by Gasteiger charge is -2.61. The van der Waals surface area contributed by atoms with Gasteiger partial charge in [-0.25, -0.2) is 10.2 Å². The fraction of sp³-hybridized carbons (Fsp3) is 0.857. The van der Waals surface area contributed by atoms with Crippen molar-refractivity contribution in [2.75, 3.05) is 0 Å². The quantitative estimate of drug-likeness (QED) is 0.664. The molecule has 0 saturated heterocycles. The summed E-state index contributed by atoms with van der Waals surface area (Å²) >= 11 is 0.